The normalized spacial score (nSPS) is 13.5. The highest BCUT2D eigenvalue weighted by Gasteiger charge is 2.36. The standard InChI is InChI=1S/C31H29N11/c1-18-15-19(2)40-29(33-34-31(40)32-18)27-21(4)35-41-20(3)16-39(28-23-12-8-10-14-25(23)38(6)36-28)42(30(27)41)26-17-37(5)24-13-9-7-11-22(24)26/h7-17H,1-6H3. The van der Waals surface area contributed by atoms with Gasteiger partial charge in [-0.15, -0.1) is 10.2 Å². The highest BCUT2D eigenvalue weighted by Crippen LogP contribution is 2.46. The van der Waals surface area contributed by atoms with Crippen molar-refractivity contribution in [1.29, 1.82) is 0 Å². The van der Waals surface area contributed by atoms with E-state index in [2.05, 4.69) is 106 Å². The maximum absolute atomic E-state index is 5.05. The Labute approximate surface area is 241 Å². The second-order valence-corrected chi connectivity index (χ2v) is 10.9. The number of fused-ring (bicyclic) bond motifs is 4. The Bertz CT molecular complexity index is 2240. The van der Waals surface area contributed by atoms with Crippen molar-refractivity contribution in [1.82, 2.24) is 43.7 Å². The molecule has 0 radical (unpaired) electrons. The van der Waals surface area contributed by atoms with Gasteiger partial charge < -0.3 is 4.57 Å². The van der Waals surface area contributed by atoms with E-state index < -0.39 is 0 Å². The smallest absolute Gasteiger partial charge is 0.255 e. The molecule has 0 amide bonds. The van der Waals surface area contributed by atoms with Crippen LogP contribution in [0.15, 0.2) is 67.0 Å². The average Bonchev–Trinajstić information content (AvgIpc) is 3.72. The lowest BCUT2D eigenvalue weighted by Gasteiger charge is -2.38. The molecule has 11 nitrogen and oxygen atoms in total. The number of aryl methyl sites for hydroxylation is 5. The first-order valence-corrected chi connectivity index (χ1v) is 13.8. The fourth-order valence-electron chi connectivity index (χ4n) is 6.24. The van der Waals surface area contributed by atoms with Crippen LogP contribution in [0.2, 0.25) is 0 Å². The van der Waals surface area contributed by atoms with Gasteiger partial charge in [-0.05, 0) is 52.0 Å². The molecule has 7 aromatic rings. The van der Waals surface area contributed by atoms with E-state index in [4.69, 9.17) is 10.2 Å². The van der Waals surface area contributed by atoms with Crippen LogP contribution in [0.25, 0.3) is 44.7 Å². The third kappa shape index (κ3) is 3.24. The molecular formula is C31H29N11. The first kappa shape index (κ1) is 24.4. The molecule has 8 rings (SSSR count). The van der Waals surface area contributed by atoms with E-state index in [1.807, 2.05) is 46.8 Å². The van der Waals surface area contributed by atoms with Crippen molar-refractivity contribution in [2.75, 3.05) is 10.0 Å². The number of anilines is 3. The summed E-state index contributed by atoms with van der Waals surface area (Å²) in [5, 5.41) is 25.7. The van der Waals surface area contributed by atoms with E-state index in [9.17, 15) is 0 Å². The topological polar surface area (TPSA) is 90.1 Å². The molecule has 0 saturated heterocycles. The van der Waals surface area contributed by atoms with E-state index in [-0.39, 0.29) is 0 Å². The van der Waals surface area contributed by atoms with Crippen LogP contribution in [0.4, 0.5) is 17.3 Å². The van der Waals surface area contributed by atoms with Crippen LogP contribution in [0.3, 0.4) is 0 Å². The SMILES string of the molecule is CC1=CN(c2nn(C)c3ccccc23)N(c2cn(C)c3ccccc23)c2c(-c3nnc4nc(C)cc(C)n34)c(C)nn21. The molecule has 0 bridgehead atoms. The van der Waals surface area contributed by atoms with Crippen molar-refractivity contribution in [3.05, 3.63) is 84.1 Å². The Morgan fingerprint density at radius 1 is 0.786 bits per heavy atom. The third-order valence-corrected chi connectivity index (χ3v) is 8.07. The molecule has 0 unspecified atom stereocenters. The lowest BCUT2D eigenvalue weighted by Crippen LogP contribution is -2.40. The van der Waals surface area contributed by atoms with Gasteiger partial charge in [0.05, 0.1) is 34.4 Å². The average molecular weight is 556 g/mol. The summed E-state index contributed by atoms with van der Waals surface area (Å²) in [6.45, 7) is 8.11. The second-order valence-electron chi connectivity index (χ2n) is 10.9. The molecule has 1 aliphatic rings. The van der Waals surface area contributed by atoms with Gasteiger partial charge >= 0.3 is 0 Å². The minimum absolute atomic E-state index is 0.564. The molecular weight excluding hydrogens is 526 g/mol. The van der Waals surface area contributed by atoms with Gasteiger partial charge in [-0.25, -0.2) is 19.7 Å². The molecule has 5 aromatic heterocycles. The molecule has 0 aliphatic carbocycles. The van der Waals surface area contributed by atoms with Crippen LogP contribution in [0, 0.1) is 20.8 Å². The largest absolute Gasteiger partial charge is 0.348 e. The molecule has 0 fully saturated rings. The van der Waals surface area contributed by atoms with Crippen LogP contribution in [0.1, 0.15) is 24.0 Å². The summed E-state index contributed by atoms with van der Waals surface area (Å²) in [5.74, 6) is 2.93. The third-order valence-electron chi connectivity index (χ3n) is 8.07. The molecule has 0 spiro atoms. The molecule has 11 heteroatoms. The van der Waals surface area contributed by atoms with Gasteiger partial charge in [-0.1, -0.05) is 30.3 Å². The van der Waals surface area contributed by atoms with Crippen LogP contribution in [-0.4, -0.2) is 43.7 Å². The van der Waals surface area contributed by atoms with E-state index in [0.29, 0.717) is 11.6 Å². The number of benzene rings is 2. The molecule has 208 valence electrons. The summed E-state index contributed by atoms with van der Waals surface area (Å²) in [6, 6.07) is 18.8. The van der Waals surface area contributed by atoms with Gasteiger partial charge in [0.2, 0.25) is 0 Å². The summed E-state index contributed by atoms with van der Waals surface area (Å²) in [6.07, 6.45) is 4.25. The zero-order chi connectivity index (χ0) is 28.9. The van der Waals surface area contributed by atoms with E-state index in [1.165, 1.54) is 0 Å². The van der Waals surface area contributed by atoms with Crippen LogP contribution >= 0.6 is 0 Å². The predicted octanol–water partition coefficient (Wildman–Crippen LogP) is 5.68. The monoisotopic (exact) mass is 555 g/mol. The Balaban J connectivity index is 1.48. The van der Waals surface area contributed by atoms with Crippen molar-refractivity contribution in [2.45, 2.75) is 27.7 Å². The fourth-order valence-corrected chi connectivity index (χ4v) is 6.24. The van der Waals surface area contributed by atoms with E-state index in [0.717, 1.165) is 67.5 Å². The molecule has 2 aromatic carbocycles. The molecule has 0 atom stereocenters. The van der Waals surface area contributed by atoms with Gasteiger partial charge in [0.1, 0.15) is 0 Å². The van der Waals surface area contributed by atoms with Gasteiger partial charge in [0, 0.05) is 48.0 Å². The maximum atomic E-state index is 5.05. The maximum Gasteiger partial charge on any atom is 0.255 e. The van der Waals surface area contributed by atoms with E-state index >= 15 is 0 Å². The second kappa shape index (κ2) is 8.53. The Kier molecular flexibility index (Phi) is 4.94. The summed E-state index contributed by atoms with van der Waals surface area (Å²) in [4.78, 5) is 4.66. The number of hydrazine groups is 1. The minimum Gasteiger partial charge on any atom is -0.348 e. The summed E-state index contributed by atoms with van der Waals surface area (Å²) < 4.78 is 8.08. The first-order valence-electron chi connectivity index (χ1n) is 13.8. The molecule has 0 N–H and O–H groups in total. The van der Waals surface area contributed by atoms with Crippen molar-refractivity contribution < 1.29 is 0 Å². The Morgan fingerprint density at radius 3 is 2.33 bits per heavy atom. The van der Waals surface area contributed by atoms with Crippen LogP contribution in [-0.2, 0) is 14.1 Å². The van der Waals surface area contributed by atoms with Crippen molar-refractivity contribution in [3.8, 4) is 11.4 Å². The van der Waals surface area contributed by atoms with Gasteiger partial charge in [0.15, 0.2) is 17.5 Å². The van der Waals surface area contributed by atoms with Crippen molar-refractivity contribution in [2.24, 2.45) is 14.1 Å². The summed E-state index contributed by atoms with van der Waals surface area (Å²) in [7, 11) is 4.05. The zero-order valence-electron chi connectivity index (χ0n) is 24.3. The number of allylic oxidation sites excluding steroid dienone is 1. The number of aromatic nitrogens is 9. The first-order chi connectivity index (χ1) is 20.3. The lowest BCUT2D eigenvalue weighted by atomic mass is 10.1. The van der Waals surface area contributed by atoms with Crippen molar-refractivity contribution >= 4 is 50.6 Å². The highest BCUT2D eigenvalue weighted by atomic mass is 15.7. The number of rotatable bonds is 3. The summed E-state index contributed by atoms with van der Waals surface area (Å²) >= 11 is 0. The van der Waals surface area contributed by atoms with Crippen molar-refractivity contribution in [3.63, 3.8) is 0 Å². The Hall–Kier alpha value is -5.45. The van der Waals surface area contributed by atoms with Gasteiger partial charge in [0.25, 0.3) is 5.78 Å². The minimum atomic E-state index is 0.564. The van der Waals surface area contributed by atoms with E-state index in [1.54, 1.807) is 0 Å². The molecule has 42 heavy (non-hydrogen) atoms. The fraction of sp³-hybridized carbons (Fsp3) is 0.194. The molecule has 1 aliphatic heterocycles. The molecule has 0 saturated carbocycles. The number of hydrogen-bond donors (Lipinski definition) is 0. The Morgan fingerprint density at radius 2 is 1.52 bits per heavy atom. The van der Waals surface area contributed by atoms with Gasteiger partial charge in [-0.3, -0.25) is 9.08 Å². The lowest BCUT2D eigenvalue weighted by molar-refractivity contribution is 0.762. The number of hydrogen-bond acceptors (Lipinski definition) is 7. The van der Waals surface area contributed by atoms with Gasteiger partial charge in [-0.2, -0.15) is 10.2 Å². The quantitative estimate of drug-likeness (QED) is 0.277. The van der Waals surface area contributed by atoms with Crippen LogP contribution < -0.4 is 10.0 Å². The van der Waals surface area contributed by atoms with Crippen LogP contribution in [0.5, 0.6) is 0 Å². The number of para-hydroxylation sites is 2. The highest BCUT2D eigenvalue weighted by molar-refractivity contribution is 6.01. The molecule has 6 heterocycles. The number of nitrogens with zero attached hydrogens (tertiary/aromatic N) is 11. The summed E-state index contributed by atoms with van der Waals surface area (Å²) in [5.41, 5.74) is 7.73. The predicted molar refractivity (Wildman–Crippen MR) is 164 cm³/mol. The zero-order valence-corrected chi connectivity index (χ0v) is 24.3.